The van der Waals surface area contributed by atoms with Crippen LogP contribution >= 0.6 is 0 Å². The largest absolute Gasteiger partial charge is 0.494 e. The standard InChI is InChI=1S/C33H42N8O5/c1-4-41-27(17-22(2)38-41)31(43)37-32-36-26-18-25(30(34)42)19-28(45-3)29(26)40(32)14-8-13-35-33(44)39(20-23-9-6-5-7-10-23)21-24-11-15-46-16-12-24/h5-7,9-10,17-19,24H,4,8,11-16,20-21H2,1-3H3,(H2,34,42)(H,35,44)(H,36,37,43). The second kappa shape index (κ2) is 14.9. The van der Waals surface area contributed by atoms with Gasteiger partial charge in [-0.2, -0.15) is 5.10 Å². The molecule has 2 aromatic heterocycles. The molecule has 0 radical (unpaired) electrons. The summed E-state index contributed by atoms with van der Waals surface area (Å²) in [5.74, 6) is 0.0655. The molecule has 5 rings (SSSR count). The highest BCUT2D eigenvalue weighted by Crippen LogP contribution is 2.31. The summed E-state index contributed by atoms with van der Waals surface area (Å²) in [5, 5.41) is 10.4. The molecule has 4 N–H and O–H groups in total. The van der Waals surface area contributed by atoms with E-state index in [-0.39, 0.29) is 23.5 Å². The summed E-state index contributed by atoms with van der Waals surface area (Å²) in [7, 11) is 1.50. The fourth-order valence-electron chi connectivity index (χ4n) is 5.78. The van der Waals surface area contributed by atoms with Crippen molar-refractivity contribution in [1.29, 1.82) is 0 Å². The molecule has 3 heterocycles. The number of nitrogens with zero attached hydrogens (tertiary/aromatic N) is 5. The Kier molecular flexibility index (Phi) is 10.5. The molecule has 4 aromatic rings. The van der Waals surface area contributed by atoms with E-state index in [9.17, 15) is 14.4 Å². The number of ether oxygens (including phenoxy) is 2. The fraction of sp³-hybridized carbons (Fsp3) is 0.424. The third kappa shape index (κ3) is 7.65. The minimum atomic E-state index is -0.619. The normalized spacial score (nSPS) is 13.5. The Hall–Kier alpha value is -4.91. The molecule has 0 bridgehead atoms. The van der Waals surface area contributed by atoms with Crippen LogP contribution in [-0.4, -0.2) is 75.5 Å². The van der Waals surface area contributed by atoms with Gasteiger partial charge in [0.15, 0.2) is 0 Å². The summed E-state index contributed by atoms with van der Waals surface area (Å²) in [5.41, 5.74) is 9.03. The number of anilines is 1. The first kappa shape index (κ1) is 32.5. The smallest absolute Gasteiger partial charge is 0.317 e. The van der Waals surface area contributed by atoms with Crippen LogP contribution in [0, 0.1) is 12.8 Å². The molecule has 1 saturated heterocycles. The van der Waals surface area contributed by atoms with Gasteiger partial charge < -0.3 is 30.0 Å². The van der Waals surface area contributed by atoms with Crippen LogP contribution in [0.5, 0.6) is 5.75 Å². The van der Waals surface area contributed by atoms with Gasteiger partial charge in [0.1, 0.15) is 17.0 Å². The summed E-state index contributed by atoms with van der Waals surface area (Å²) in [4.78, 5) is 45.4. The quantitative estimate of drug-likeness (QED) is 0.189. The van der Waals surface area contributed by atoms with Gasteiger partial charge >= 0.3 is 6.03 Å². The lowest BCUT2D eigenvalue weighted by atomic mass is 9.99. The van der Waals surface area contributed by atoms with E-state index in [1.807, 2.05) is 53.6 Å². The number of hydrogen-bond donors (Lipinski definition) is 3. The molecule has 4 amide bonds. The van der Waals surface area contributed by atoms with Gasteiger partial charge in [0.05, 0.1) is 18.3 Å². The van der Waals surface area contributed by atoms with E-state index in [2.05, 4.69) is 20.7 Å². The number of nitrogens with one attached hydrogen (secondary N) is 2. The predicted molar refractivity (Wildman–Crippen MR) is 174 cm³/mol. The minimum absolute atomic E-state index is 0.133. The monoisotopic (exact) mass is 630 g/mol. The summed E-state index contributed by atoms with van der Waals surface area (Å²) >= 11 is 0. The topological polar surface area (TPSA) is 159 Å². The first-order valence-electron chi connectivity index (χ1n) is 15.7. The molecule has 1 aliphatic heterocycles. The van der Waals surface area contributed by atoms with Crippen LogP contribution < -0.4 is 21.1 Å². The van der Waals surface area contributed by atoms with Gasteiger partial charge in [-0.1, -0.05) is 30.3 Å². The zero-order chi connectivity index (χ0) is 32.6. The highest BCUT2D eigenvalue weighted by Gasteiger charge is 2.23. The van der Waals surface area contributed by atoms with Crippen LogP contribution in [0.1, 0.15) is 58.3 Å². The summed E-state index contributed by atoms with van der Waals surface area (Å²) in [6.07, 6.45) is 2.39. The maximum atomic E-state index is 13.5. The van der Waals surface area contributed by atoms with Gasteiger partial charge in [0.2, 0.25) is 11.9 Å². The van der Waals surface area contributed by atoms with Crippen molar-refractivity contribution in [1.82, 2.24) is 29.5 Å². The number of carbonyl (C=O) groups excluding carboxylic acids is 3. The maximum absolute atomic E-state index is 13.5. The maximum Gasteiger partial charge on any atom is 0.317 e. The van der Waals surface area contributed by atoms with Gasteiger partial charge in [-0.15, -0.1) is 0 Å². The highest BCUT2D eigenvalue weighted by molar-refractivity contribution is 6.04. The number of benzene rings is 2. The van der Waals surface area contributed by atoms with Gasteiger partial charge in [0, 0.05) is 51.5 Å². The lowest BCUT2D eigenvalue weighted by molar-refractivity contribution is 0.0556. The number of nitrogens with two attached hydrogens (primary N) is 1. The molecule has 0 spiro atoms. The Morgan fingerprint density at radius 1 is 1.13 bits per heavy atom. The molecule has 0 unspecified atom stereocenters. The number of hydrogen-bond acceptors (Lipinski definition) is 7. The van der Waals surface area contributed by atoms with E-state index >= 15 is 0 Å². The van der Waals surface area contributed by atoms with Crippen LogP contribution in [0.25, 0.3) is 11.0 Å². The Morgan fingerprint density at radius 3 is 2.59 bits per heavy atom. The summed E-state index contributed by atoms with van der Waals surface area (Å²) < 4.78 is 14.6. The van der Waals surface area contributed by atoms with Crippen molar-refractivity contribution >= 4 is 34.8 Å². The number of amides is 4. The molecular formula is C33H42N8O5. The van der Waals surface area contributed by atoms with Gasteiger partial charge in [-0.05, 0) is 62.8 Å². The fourth-order valence-corrected chi connectivity index (χ4v) is 5.78. The average molecular weight is 631 g/mol. The lowest BCUT2D eigenvalue weighted by Crippen LogP contribution is -2.43. The van der Waals surface area contributed by atoms with Crippen LogP contribution in [-0.2, 0) is 24.4 Å². The molecule has 0 atom stereocenters. The number of primary amides is 1. The van der Waals surface area contributed by atoms with E-state index in [1.54, 1.807) is 22.9 Å². The van der Waals surface area contributed by atoms with E-state index in [0.717, 1.165) is 24.1 Å². The zero-order valence-electron chi connectivity index (χ0n) is 26.6. The first-order chi connectivity index (χ1) is 22.3. The molecule has 0 saturated carbocycles. The number of urea groups is 1. The molecule has 1 aliphatic rings. The van der Waals surface area contributed by atoms with E-state index in [4.69, 9.17) is 15.2 Å². The van der Waals surface area contributed by atoms with Gasteiger partial charge in [0.25, 0.3) is 5.91 Å². The highest BCUT2D eigenvalue weighted by atomic mass is 16.5. The first-order valence-corrected chi connectivity index (χ1v) is 15.7. The second-order valence-electron chi connectivity index (χ2n) is 11.4. The molecule has 13 heteroatoms. The molecule has 46 heavy (non-hydrogen) atoms. The number of rotatable bonds is 13. The van der Waals surface area contributed by atoms with Crippen LogP contribution in [0.3, 0.4) is 0 Å². The number of aryl methyl sites for hydroxylation is 3. The van der Waals surface area contributed by atoms with Crippen molar-refractivity contribution in [3.05, 3.63) is 71.0 Å². The van der Waals surface area contributed by atoms with E-state index in [0.29, 0.717) is 80.8 Å². The molecule has 13 nitrogen and oxygen atoms in total. The van der Waals surface area contributed by atoms with Crippen LogP contribution in [0.15, 0.2) is 48.5 Å². The summed E-state index contributed by atoms with van der Waals surface area (Å²) in [6, 6.07) is 14.7. The van der Waals surface area contributed by atoms with Crippen molar-refractivity contribution < 1.29 is 23.9 Å². The minimum Gasteiger partial charge on any atom is -0.494 e. The Morgan fingerprint density at radius 2 is 1.89 bits per heavy atom. The molecular weight excluding hydrogens is 588 g/mol. The van der Waals surface area contributed by atoms with Crippen molar-refractivity contribution in [2.45, 2.75) is 52.7 Å². The lowest BCUT2D eigenvalue weighted by Gasteiger charge is -2.30. The molecule has 244 valence electrons. The second-order valence-corrected chi connectivity index (χ2v) is 11.4. The van der Waals surface area contributed by atoms with E-state index in [1.165, 1.54) is 7.11 Å². The molecule has 1 fully saturated rings. The van der Waals surface area contributed by atoms with E-state index < -0.39 is 5.91 Å². The van der Waals surface area contributed by atoms with Crippen LogP contribution in [0.2, 0.25) is 0 Å². The predicted octanol–water partition coefficient (Wildman–Crippen LogP) is 3.95. The molecule has 0 aliphatic carbocycles. The average Bonchev–Trinajstić information content (AvgIpc) is 3.62. The number of methoxy groups -OCH3 is 1. The Balaban J connectivity index is 1.34. The van der Waals surface area contributed by atoms with Crippen molar-refractivity contribution in [3.63, 3.8) is 0 Å². The SMILES string of the molecule is CCn1nc(C)cc1C(=O)Nc1nc2cc(C(N)=O)cc(OC)c2n1CCCNC(=O)N(Cc1ccccc1)CC1CCOCC1. The zero-order valence-corrected chi connectivity index (χ0v) is 26.6. The number of imidazole rings is 1. The molecule has 2 aromatic carbocycles. The van der Waals surface area contributed by atoms with Crippen molar-refractivity contribution in [2.24, 2.45) is 11.7 Å². The summed E-state index contributed by atoms with van der Waals surface area (Å²) in [6.45, 7) is 7.64. The van der Waals surface area contributed by atoms with Gasteiger partial charge in [-0.3, -0.25) is 19.6 Å². The van der Waals surface area contributed by atoms with Crippen molar-refractivity contribution in [3.8, 4) is 5.75 Å². The van der Waals surface area contributed by atoms with Crippen LogP contribution in [0.4, 0.5) is 10.7 Å². The number of fused-ring (bicyclic) bond motifs is 1. The van der Waals surface area contributed by atoms with Gasteiger partial charge in [-0.25, -0.2) is 9.78 Å². The third-order valence-electron chi connectivity index (χ3n) is 8.13. The Bertz CT molecular complexity index is 1680. The Labute approximate surface area is 268 Å². The van der Waals surface area contributed by atoms with Crippen molar-refractivity contribution in [2.75, 3.05) is 38.7 Å². The number of carbonyl (C=O) groups is 3. The third-order valence-corrected chi connectivity index (χ3v) is 8.13. The number of aromatic nitrogens is 4.